The Labute approximate surface area is 134 Å². The molecule has 1 fully saturated rings. The lowest BCUT2D eigenvalue weighted by Gasteiger charge is -2.24. The molecule has 110 valence electrons. The predicted octanol–water partition coefficient (Wildman–Crippen LogP) is 3.64. The zero-order valence-corrected chi connectivity index (χ0v) is 13.2. The molecule has 1 atom stereocenters. The lowest BCUT2D eigenvalue weighted by atomic mass is 10.1. The molecule has 0 aliphatic carbocycles. The molecule has 4 nitrogen and oxygen atoms in total. The summed E-state index contributed by atoms with van der Waals surface area (Å²) < 4.78 is 5.48. The fourth-order valence-electron chi connectivity index (χ4n) is 2.68. The number of likely N-dealkylation sites (tertiary alicyclic amines) is 1. The lowest BCUT2D eigenvalue weighted by molar-refractivity contribution is 0.356. The van der Waals surface area contributed by atoms with Crippen LogP contribution in [0.2, 0.25) is 5.02 Å². The average Bonchev–Trinajstić information content (AvgIpc) is 3.15. The zero-order chi connectivity index (χ0) is 14.8. The summed E-state index contributed by atoms with van der Waals surface area (Å²) >= 11 is 11.4. The minimum atomic E-state index is 0.182. The van der Waals surface area contributed by atoms with Crippen LogP contribution < -0.4 is 5.32 Å². The van der Waals surface area contributed by atoms with Gasteiger partial charge in [0.25, 0.3) is 0 Å². The van der Waals surface area contributed by atoms with E-state index in [0.29, 0.717) is 5.02 Å². The number of rotatable bonds is 2. The second-order valence-corrected chi connectivity index (χ2v) is 5.86. The van der Waals surface area contributed by atoms with E-state index in [0.717, 1.165) is 41.5 Å². The van der Waals surface area contributed by atoms with Gasteiger partial charge in [-0.15, -0.1) is 0 Å². The molecule has 1 aromatic heterocycles. The monoisotopic (exact) mass is 321 g/mol. The van der Waals surface area contributed by atoms with Crippen molar-refractivity contribution in [2.75, 3.05) is 13.6 Å². The van der Waals surface area contributed by atoms with E-state index >= 15 is 0 Å². The number of benzene rings is 1. The maximum Gasteiger partial charge on any atom is 0.169 e. The Morgan fingerprint density at radius 1 is 1.48 bits per heavy atom. The Morgan fingerprint density at radius 3 is 3.10 bits per heavy atom. The van der Waals surface area contributed by atoms with Crippen LogP contribution in [-0.2, 0) is 0 Å². The molecule has 2 heterocycles. The number of nitrogens with zero attached hydrogens (tertiary/aromatic N) is 2. The zero-order valence-electron chi connectivity index (χ0n) is 11.7. The molecule has 6 heteroatoms. The normalized spacial score (nSPS) is 18.0. The van der Waals surface area contributed by atoms with Gasteiger partial charge in [0.15, 0.2) is 10.9 Å². The van der Waals surface area contributed by atoms with Crippen LogP contribution in [0.15, 0.2) is 34.9 Å². The van der Waals surface area contributed by atoms with Crippen LogP contribution in [0.25, 0.3) is 11.3 Å². The standard InChI is InChI=1S/C15H16ClN3OS/c1-17-15(21)19-7-3-6-13(19)12-9-14(20-18-12)10-4-2-5-11(16)8-10/h2,4-5,8-9,13H,3,6-7H2,1H3,(H,17,21). The molecule has 0 amide bonds. The van der Waals surface area contributed by atoms with Crippen LogP contribution in [0.4, 0.5) is 0 Å². The molecule has 0 radical (unpaired) electrons. The second kappa shape index (κ2) is 6.03. The van der Waals surface area contributed by atoms with E-state index in [4.69, 9.17) is 28.3 Å². The largest absolute Gasteiger partial charge is 0.366 e. The maximum atomic E-state index is 6.02. The molecule has 1 saturated heterocycles. The van der Waals surface area contributed by atoms with Gasteiger partial charge in [-0.05, 0) is 37.2 Å². The van der Waals surface area contributed by atoms with Gasteiger partial charge in [-0.3, -0.25) is 0 Å². The number of nitrogens with one attached hydrogen (secondary N) is 1. The molecule has 2 aromatic rings. The smallest absolute Gasteiger partial charge is 0.169 e. The first-order chi connectivity index (χ1) is 10.2. The summed E-state index contributed by atoms with van der Waals surface area (Å²) in [5.74, 6) is 0.731. The van der Waals surface area contributed by atoms with Gasteiger partial charge in [0.1, 0.15) is 5.69 Å². The van der Waals surface area contributed by atoms with E-state index in [2.05, 4.69) is 15.4 Å². The van der Waals surface area contributed by atoms with Crippen LogP contribution in [0.5, 0.6) is 0 Å². The van der Waals surface area contributed by atoms with Crippen LogP contribution in [-0.4, -0.2) is 28.8 Å². The third-order valence-electron chi connectivity index (χ3n) is 3.71. The van der Waals surface area contributed by atoms with Gasteiger partial charge in [-0.2, -0.15) is 0 Å². The van der Waals surface area contributed by atoms with Crippen molar-refractivity contribution < 1.29 is 4.52 Å². The molecule has 1 aliphatic heterocycles. The van der Waals surface area contributed by atoms with Crippen molar-refractivity contribution >= 4 is 28.9 Å². The SMILES string of the molecule is CNC(=S)N1CCCC1c1cc(-c2cccc(Cl)c2)on1. The first-order valence-corrected chi connectivity index (χ1v) is 7.68. The third kappa shape index (κ3) is 2.89. The van der Waals surface area contributed by atoms with Crippen molar-refractivity contribution in [3.63, 3.8) is 0 Å². The number of hydrogen-bond donors (Lipinski definition) is 1. The summed E-state index contributed by atoms with van der Waals surface area (Å²) in [6, 6.07) is 9.73. The summed E-state index contributed by atoms with van der Waals surface area (Å²) in [4.78, 5) is 2.16. The summed E-state index contributed by atoms with van der Waals surface area (Å²) in [6.45, 7) is 0.948. The first kappa shape index (κ1) is 14.4. The van der Waals surface area contributed by atoms with Crippen molar-refractivity contribution in [1.82, 2.24) is 15.4 Å². The molecule has 1 unspecified atom stereocenters. The van der Waals surface area contributed by atoms with E-state index in [1.807, 2.05) is 37.4 Å². The third-order valence-corrected chi connectivity index (χ3v) is 4.38. The van der Waals surface area contributed by atoms with Crippen LogP contribution in [0.3, 0.4) is 0 Å². The van der Waals surface area contributed by atoms with Crippen molar-refractivity contribution in [3.8, 4) is 11.3 Å². The fourth-order valence-corrected chi connectivity index (χ4v) is 3.09. The van der Waals surface area contributed by atoms with Crippen molar-refractivity contribution in [3.05, 3.63) is 41.0 Å². The van der Waals surface area contributed by atoms with Crippen molar-refractivity contribution in [1.29, 1.82) is 0 Å². The molecular weight excluding hydrogens is 306 g/mol. The number of aromatic nitrogens is 1. The molecular formula is C15H16ClN3OS. The van der Waals surface area contributed by atoms with Crippen molar-refractivity contribution in [2.24, 2.45) is 0 Å². The summed E-state index contributed by atoms with van der Waals surface area (Å²) in [5.41, 5.74) is 1.85. The molecule has 1 N–H and O–H groups in total. The highest BCUT2D eigenvalue weighted by Gasteiger charge is 2.30. The summed E-state index contributed by atoms with van der Waals surface area (Å²) in [6.07, 6.45) is 2.13. The number of thiocarbonyl (C=S) groups is 1. The molecule has 1 aliphatic rings. The van der Waals surface area contributed by atoms with Gasteiger partial charge >= 0.3 is 0 Å². The second-order valence-electron chi connectivity index (χ2n) is 5.03. The quantitative estimate of drug-likeness (QED) is 0.855. The topological polar surface area (TPSA) is 41.3 Å². The highest BCUT2D eigenvalue weighted by Crippen LogP contribution is 2.33. The summed E-state index contributed by atoms with van der Waals surface area (Å²) in [5, 5.41) is 8.70. The minimum absolute atomic E-state index is 0.182. The van der Waals surface area contributed by atoms with Gasteiger partial charge in [-0.25, -0.2) is 0 Å². The van der Waals surface area contributed by atoms with Gasteiger partial charge in [-0.1, -0.05) is 28.9 Å². The molecule has 21 heavy (non-hydrogen) atoms. The average molecular weight is 322 g/mol. The number of halogens is 1. The summed E-state index contributed by atoms with van der Waals surface area (Å²) in [7, 11) is 1.85. The Hall–Kier alpha value is -1.59. The highest BCUT2D eigenvalue weighted by molar-refractivity contribution is 7.80. The van der Waals surface area contributed by atoms with Crippen LogP contribution >= 0.6 is 23.8 Å². The molecule has 1 aromatic carbocycles. The van der Waals surface area contributed by atoms with Gasteiger partial charge in [0, 0.05) is 30.2 Å². The Balaban J connectivity index is 1.86. The predicted molar refractivity (Wildman–Crippen MR) is 87.3 cm³/mol. The van der Waals surface area contributed by atoms with E-state index in [-0.39, 0.29) is 6.04 Å². The lowest BCUT2D eigenvalue weighted by Crippen LogP contribution is -2.37. The molecule has 0 spiro atoms. The maximum absolute atomic E-state index is 6.02. The number of hydrogen-bond acceptors (Lipinski definition) is 3. The van der Waals surface area contributed by atoms with Crippen LogP contribution in [0.1, 0.15) is 24.6 Å². The molecule has 0 bridgehead atoms. The van der Waals surface area contributed by atoms with Gasteiger partial charge in [0.2, 0.25) is 0 Å². The molecule has 0 saturated carbocycles. The highest BCUT2D eigenvalue weighted by atomic mass is 35.5. The van der Waals surface area contributed by atoms with E-state index in [9.17, 15) is 0 Å². The Kier molecular flexibility index (Phi) is 4.12. The van der Waals surface area contributed by atoms with Gasteiger partial charge < -0.3 is 14.7 Å². The van der Waals surface area contributed by atoms with Gasteiger partial charge in [0.05, 0.1) is 6.04 Å². The Bertz CT molecular complexity index is 658. The van der Waals surface area contributed by atoms with Crippen molar-refractivity contribution in [2.45, 2.75) is 18.9 Å². The fraction of sp³-hybridized carbons (Fsp3) is 0.333. The molecule has 3 rings (SSSR count). The minimum Gasteiger partial charge on any atom is -0.366 e. The van der Waals surface area contributed by atoms with Crippen LogP contribution in [0, 0.1) is 0 Å². The van der Waals surface area contributed by atoms with E-state index in [1.165, 1.54) is 0 Å². The Morgan fingerprint density at radius 2 is 2.33 bits per heavy atom. The van der Waals surface area contributed by atoms with E-state index in [1.54, 1.807) is 0 Å². The first-order valence-electron chi connectivity index (χ1n) is 6.90. The van der Waals surface area contributed by atoms with E-state index < -0.39 is 0 Å².